The molecule has 0 amide bonds. The molecule has 0 bridgehead atoms. The average molecular weight is 290 g/mol. The third-order valence-corrected chi connectivity index (χ3v) is 5.11. The smallest absolute Gasteiger partial charge is 0.161 e. The minimum Gasteiger partial charge on any atom is -0.491 e. The zero-order valence-electron chi connectivity index (χ0n) is 12.1. The molecule has 1 aliphatic carbocycles. The van der Waals surface area contributed by atoms with Gasteiger partial charge in [-0.3, -0.25) is 4.99 Å². The number of amidine groups is 1. The Labute approximate surface area is 125 Å². The number of nitrogens with one attached hydrogen (secondary N) is 1. The van der Waals surface area contributed by atoms with E-state index in [2.05, 4.69) is 36.3 Å². The van der Waals surface area contributed by atoms with E-state index in [-0.39, 0.29) is 6.10 Å². The molecule has 20 heavy (non-hydrogen) atoms. The lowest BCUT2D eigenvalue weighted by molar-refractivity contribution is 0.217. The summed E-state index contributed by atoms with van der Waals surface area (Å²) in [6.07, 6.45) is 4.04. The van der Waals surface area contributed by atoms with E-state index >= 15 is 0 Å². The Bertz CT molecular complexity index is 499. The summed E-state index contributed by atoms with van der Waals surface area (Å²) in [4.78, 5) is 4.61. The van der Waals surface area contributed by atoms with Gasteiger partial charge in [0.2, 0.25) is 0 Å². The Kier molecular flexibility index (Phi) is 4.20. The van der Waals surface area contributed by atoms with Crippen LogP contribution in [-0.2, 0) is 0 Å². The highest BCUT2D eigenvalue weighted by atomic mass is 32.2. The molecule has 2 atom stereocenters. The number of benzene rings is 1. The summed E-state index contributed by atoms with van der Waals surface area (Å²) in [5, 5.41) is 5.18. The van der Waals surface area contributed by atoms with Crippen LogP contribution in [0.15, 0.2) is 29.3 Å². The molecule has 3 nitrogen and oxygen atoms in total. The van der Waals surface area contributed by atoms with E-state index in [1.165, 1.54) is 12.8 Å². The highest BCUT2D eigenvalue weighted by molar-refractivity contribution is 8.15. The third-order valence-electron chi connectivity index (χ3n) is 3.82. The van der Waals surface area contributed by atoms with E-state index in [4.69, 9.17) is 4.74 Å². The quantitative estimate of drug-likeness (QED) is 0.884. The van der Waals surface area contributed by atoms with Gasteiger partial charge in [-0.25, -0.2) is 0 Å². The SMILES string of the molecule is CCC(C)Oc1cccc(NC2=NCC(C3CC3)S2)c1. The second-order valence-electron chi connectivity index (χ2n) is 5.63. The van der Waals surface area contributed by atoms with E-state index in [1.807, 2.05) is 23.9 Å². The molecule has 0 spiro atoms. The second-order valence-corrected chi connectivity index (χ2v) is 6.86. The first kappa shape index (κ1) is 13.8. The van der Waals surface area contributed by atoms with Crippen LogP contribution in [0.2, 0.25) is 0 Å². The van der Waals surface area contributed by atoms with Crippen LogP contribution in [0.5, 0.6) is 5.75 Å². The maximum Gasteiger partial charge on any atom is 0.161 e. The van der Waals surface area contributed by atoms with Gasteiger partial charge in [0, 0.05) is 17.0 Å². The van der Waals surface area contributed by atoms with Crippen LogP contribution in [-0.4, -0.2) is 23.1 Å². The minimum absolute atomic E-state index is 0.252. The first-order valence-electron chi connectivity index (χ1n) is 7.49. The molecule has 1 aromatic carbocycles. The molecule has 1 aliphatic heterocycles. The van der Waals surface area contributed by atoms with E-state index in [0.29, 0.717) is 5.25 Å². The van der Waals surface area contributed by atoms with Crippen molar-refractivity contribution in [2.24, 2.45) is 10.9 Å². The van der Waals surface area contributed by atoms with Gasteiger partial charge in [0.15, 0.2) is 5.17 Å². The molecular formula is C16H22N2OS. The summed E-state index contributed by atoms with van der Waals surface area (Å²) in [7, 11) is 0. The Morgan fingerprint density at radius 3 is 3.05 bits per heavy atom. The summed E-state index contributed by atoms with van der Waals surface area (Å²) in [5.74, 6) is 1.83. The highest BCUT2D eigenvalue weighted by Crippen LogP contribution is 2.42. The number of rotatable bonds is 5. The summed E-state index contributed by atoms with van der Waals surface area (Å²) in [6, 6.07) is 8.16. The summed E-state index contributed by atoms with van der Waals surface area (Å²) < 4.78 is 5.85. The van der Waals surface area contributed by atoms with E-state index < -0.39 is 0 Å². The molecule has 0 radical (unpaired) electrons. The number of nitrogens with zero attached hydrogens (tertiary/aromatic N) is 1. The van der Waals surface area contributed by atoms with Crippen molar-refractivity contribution in [2.45, 2.75) is 44.5 Å². The van der Waals surface area contributed by atoms with Gasteiger partial charge in [-0.2, -0.15) is 0 Å². The van der Waals surface area contributed by atoms with E-state index in [9.17, 15) is 0 Å². The lowest BCUT2D eigenvalue weighted by atomic mass is 10.3. The van der Waals surface area contributed by atoms with Crippen LogP contribution >= 0.6 is 11.8 Å². The monoisotopic (exact) mass is 290 g/mol. The van der Waals surface area contributed by atoms with Crippen molar-refractivity contribution in [3.8, 4) is 5.75 Å². The standard InChI is InChI=1S/C16H22N2OS/c1-3-11(2)19-14-6-4-5-13(9-14)18-16-17-10-15(20-16)12-7-8-12/h4-6,9,11-12,15H,3,7-8,10H2,1-2H3,(H,17,18). The maximum atomic E-state index is 5.85. The second kappa shape index (κ2) is 6.08. The highest BCUT2D eigenvalue weighted by Gasteiger charge is 2.35. The third kappa shape index (κ3) is 3.48. The molecular weight excluding hydrogens is 268 g/mol. The van der Waals surface area contributed by atoms with Gasteiger partial charge in [0.25, 0.3) is 0 Å². The number of ether oxygens (including phenoxy) is 1. The topological polar surface area (TPSA) is 33.6 Å². The predicted molar refractivity (Wildman–Crippen MR) is 86.9 cm³/mol. The molecule has 0 aromatic heterocycles. The van der Waals surface area contributed by atoms with Crippen molar-refractivity contribution in [3.63, 3.8) is 0 Å². The number of thioether (sulfide) groups is 1. The van der Waals surface area contributed by atoms with Crippen molar-refractivity contribution in [1.82, 2.24) is 0 Å². The van der Waals surface area contributed by atoms with Crippen molar-refractivity contribution >= 4 is 22.6 Å². The van der Waals surface area contributed by atoms with Gasteiger partial charge in [0.1, 0.15) is 5.75 Å². The molecule has 108 valence electrons. The fraction of sp³-hybridized carbons (Fsp3) is 0.562. The number of hydrogen-bond acceptors (Lipinski definition) is 4. The first-order valence-corrected chi connectivity index (χ1v) is 8.37. The Morgan fingerprint density at radius 1 is 1.45 bits per heavy atom. The molecule has 1 aromatic rings. The van der Waals surface area contributed by atoms with Gasteiger partial charge in [-0.1, -0.05) is 24.8 Å². The van der Waals surface area contributed by atoms with Crippen molar-refractivity contribution < 1.29 is 4.74 Å². The van der Waals surface area contributed by atoms with Crippen molar-refractivity contribution in [3.05, 3.63) is 24.3 Å². The molecule has 4 heteroatoms. The van der Waals surface area contributed by atoms with Crippen molar-refractivity contribution in [2.75, 3.05) is 11.9 Å². The fourth-order valence-corrected chi connectivity index (χ4v) is 3.49. The molecule has 2 unspecified atom stereocenters. The fourth-order valence-electron chi connectivity index (χ4n) is 2.26. The zero-order valence-corrected chi connectivity index (χ0v) is 13.0. The molecule has 1 N–H and O–H groups in total. The van der Waals surface area contributed by atoms with E-state index in [1.54, 1.807) is 0 Å². The van der Waals surface area contributed by atoms with Crippen LogP contribution in [0, 0.1) is 5.92 Å². The molecule has 1 saturated carbocycles. The normalized spacial score (nSPS) is 23.3. The Balaban J connectivity index is 1.58. The average Bonchev–Trinajstić information content (AvgIpc) is 3.20. The van der Waals surface area contributed by atoms with Crippen LogP contribution in [0.1, 0.15) is 33.1 Å². The van der Waals surface area contributed by atoms with Crippen LogP contribution < -0.4 is 10.1 Å². The maximum absolute atomic E-state index is 5.85. The van der Waals surface area contributed by atoms with Crippen LogP contribution in [0.4, 0.5) is 5.69 Å². The number of aliphatic imine (C=N–C) groups is 1. The summed E-state index contributed by atoms with van der Waals surface area (Å²) in [5.41, 5.74) is 1.06. The Morgan fingerprint density at radius 2 is 2.30 bits per heavy atom. The zero-order chi connectivity index (χ0) is 13.9. The largest absolute Gasteiger partial charge is 0.491 e. The summed E-state index contributed by atoms with van der Waals surface area (Å²) in [6.45, 7) is 5.20. The van der Waals surface area contributed by atoms with Crippen molar-refractivity contribution in [1.29, 1.82) is 0 Å². The number of anilines is 1. The molecule has 2 aliphatic rings. The minimum atomic E-state index is 0.252. The van der Waals surface area contributed by atoms with Gasteiger partial charge in [-0.05, 0) is 44.2 Å². The first-order chi connectivity index (χ1) is 9.74. The number of hydrogen-bond donors (Lipinski definition) is 1. The van der Waals surface area contributed by atoms with Crippen LogP contribution in [0.3, 0.4) is 0 Å². The van der Waals surface area contributed by atoms with Gasteiger partial charge in [0.05, 0.1) is 12.6 Å². The lowest BCUT2D eigenvalue weighted by Gasteiger charge is -2.14. The van der Waals surface area contributed by atoms with Crippen LogP contribution in [0.25, 0.3) is 0 Å². The van der Waals surface area contributed by atoms with E-state index in [0.717, 1.165) is 35.5 Å². The molecule has 0 saturated heterocycles. The lowest BCUT2D eigenvalue weighted by Crippen LogP contribution is -2.11. The summed E-state index contributed by atoms with van der Waals surface area (Å²) >= 11 is 1.90. The Hall–Kier alpha value is -1.16. The molecule has 1 fully saturated rings. The molecule has 3 rings (SSSR count). The van der Waals surface area contributed by atoms with Gasteiger partial charge in [-0.15, -0.1) is 0 Å². The van der Waals surface area contributed by atoms with Gasteiger partial charge < -0.3 is 10.1 Å². The van der Waals surface area contributed by atoms with Gasteiger partial charge >= 0.3 is 0 Å². The molecule has 1 heterocycles. The predicted octanol–water partition coefficient (Wildman–Crippen LogP) is 4.16.